The van der Waals surface area contributed by atoms with Crippen LogP contribution in [0.15, 0.2) is 6.33 Å². The fourth-order valence-electron chi connectivity index (χ4n) is 2.49. The van der Waals surface area contributed by atoms with Gasteiger partial charge in [-0.25, -0.2) is 19.6 Å². The number of esters is 1. The number of carboxylic acids is 1. The van der Waals surface area contributed by atoms with Crippen LogP contribution in [0, 0.1) is 12.8 Å². The molecule has 2 unspecified atom stereocenters. The second-order valence-corrected chi connectivity index (χ2v) is 6.93. The molecule has 2 aromatic heterocycles. The third kappa shape index (κ3) is 4.28. The minimum Gasteiger partial charge on any atom is -0.480 e. The number of rotatable bonds is 9. The smallest absolute Gasteiger partial charge is 0.348 e. The number of fused-ring (bicyclic) bond motifs is 1. The molecule has 2 N–H and O–H groups in total. The van der Waals surface area contributed by atoms with Crippen molar-refractivity contribution in [3.05, 3.63) is 16.8 Å². The van der Waals surface area contributed by atoms with Crippen LogP contribution in [0.25, 0.3) is 10.2 Å². The summed E-state index contributed by atoms with van der Waals surface area (Å²) < 4.78 is 10.1. The Morgan fingerprint density at radius 2 is 2.08 bits per heavy atom. The standard InChI is InChI=1S/C17H23N3O5S/c1-5-9(2)12(16(21)22)20-14-11-10(3)13(17(23)25-7-6-24-4)26-15(11)19-8-18-14/h8-9,12H,5-7H2,1-4H3,(H,21,22)(H,18,19,20). The molecule has 0 spiro atoms. The molecule has 2 atom stereocenters. The number of hydrogen-bond donors (Lipinski definition) is 2. The molecule has 0 aliphatic heterocycles. The summed E-state index contributed by atoms with van der Waals surface area (Å²) >= 11 is 1.20. The highest BCUT2D eigenvalue weighted by molar-refractivity contribution is 7.20. The average Bonchev–Trinajstić information content (AvgIpc) is 2.96. The number of hydrogen-bond acceptors (Lipinski definition) is 8. The summed E-state index contributed by atoms with van der Waals surface area (Å²) in [4.78, 5) is 33.3. The molecule has 0 radical (unpaired) electrons. The Morgan fingerprint density at radius 3 is 2.69 bits per heavy atom. The van der Waals surface area contributed by atoms with Crippen molar-refractivity contribution in [3.8, 4) is 0 Å². The lowest BCUT2D eigenvalue weighted by atomic mass is 9.99. The van der Waals surface area contributed by atoms with Gasteiger partial charge in [0.25, 0.3) is 0 Å². The monoisotopic (exact) mass is 381 g/mol. The Morgan fingerprint density at radius 1 is 1.35 bits per heavy atom. The molecule has 8 nitrogen and oxygen atoms in total. The van der Waals surface area contributed by atoms with E-state index in [4.69, 9.17) is 9.47 Å². The largest absolute Gasteiger partial charge is 0.480 e. The second kappa shape index (κ2) is 8.91. The van der Waals surface area contributed by atoms with Gasteiger partial charge in [-0.1, -0.05) is 20.3 Å². The van der Waals surface area contributed by atoms with E-state index in [1.54, 1.807) is 6.92 Å². The van der Waals surface area contributed by atoms with Crippen molar-refractivity contribution in [2.45, 2.75) is 33.2 Å². The number of methoxy groups -OCH3 is 1. The summed E-state index contributed by atoms with van der Waals surface area (Å²) in [5, 5.41) is 13.1. The first-order valence-electron chi connectivity index (χ1n) is 8.30. The van der Waals surface area contributed by atoms with Crippen LogP contribution in [0.2, 0.25) is 0 Å². The second-order valence-electron chi connectivity index (χ2n) is 5.93. The maximum Gasteiger partial charge on any atom is 0.348 e. The van der Waals surface area contributed by atoms with E-state index in [0.29, 0.717) is 39.5 Å². The highest BCUT2D eigenvalue weighted by Gasteiger charge is 2.26. The Labute approximate surface area is 155 Å². The first kappa shape index (κ1) is 20.1. The highest BCUT2D eigenvalue weighted by atomic mass is 32.1. The van der Waals surface area contributed by atoms with Gasteiger partial charge in [0.1, 0.15) is 34.5 Å². The van der Waals surface area contributed by atoms with Gasteiger partial charge in [0.05, 0.1) is 12.0 Å². The van der Waals surface area contributed by atoms with Gasteiger partial charge in [-0.05, 0) is 18.4 Å². The van der Waals surface area contributed by atoms with E-state index in [-0.39, 0.29) is 12.5 Å². The van der Waals surface area contributed by atoms with Gasteiger partial charge < -0.3 is 19.9 Å². The molecule has 0 aliphatic rings. The number of thiophene rings is 1. The zero-order valence-electron chi connectivity index (χ0n) is 15.2. The fraction of sp³-hybridized carbons (Fsp3) is 0.529. The summed E-state index contributed by atoms with van der Waals surface area (Å²) in [6.07, 6.45) is 2.06. The van der Waals surface area contributed by atoms with Gasteiger partial charge in [0, 0.05) is 7.11 Å². The summed E-state index contributed by atoms with van der Waals surface area (Å²) in [6.45, 7) is 6.05. The van der Waals surface area contributed by atoms with Crippen LogP contribution in [-0.4, -0.2) is 53.4 Å². The molecule has 0 saturated heterocycles. The van der Waals surface area contributed by atoms with Crippen molar-refractivity contribution >= 4 is 39.3 Å². The molecule has 0 aromatic carbocycles. The zero-order chi connectivity index (χ0) is 19.3. The number of carboxylic acid groups (broad SMARTS) is 1. The fourth-order valence-corrected chi connectivity index (χ4v) is 3.53. The number of aryl methyl sites for hydroxylation is 1. The highest BCUT2D eigenvalue weighted by Crippen LogP contribution is 2.34. The van der Waals surface area contributed by atoms with Crippen LogP contribution < -0.4 is 5.32 Å². The first-order chi connectivity index (χ1) is 12.4. The number of carbonyl (C=O) groups is 2. The molecule has 2 rings (SSSR count). The topological polar surface area (TPSA) is 111 Å². The molecule has 9 heteroatoms. The van der Waals surface area contributed by atoms with Crippen LogP contribution in [-0.2, 0) is 14.3 Å². The number of carbonyl (C=O) groups excluding carboxylic acids is 1. The molecule has 26 heavy (non-hydrogen) atoms. The number of ether oxygens (including phenoxy) is 2. The third-order valence-electron chi connectivity index (χ3n) is 4.20. The molecule has 0 aliphatic carbocycles. The Hall–Kier alpha value is -2.26. The van der Waals surface area contributed by atoms with E-state index in [2.05, 4.69) is 15.3 Å². The van der Waals surface area contributed by atoms with Crippen molar-refractivity contribution in [2.24, 2.45) is 5.92 Å². The number of anilines is 1. The van der Waals surface area contributed by atoms with Gasteiger partial charge in [-0.3, -0.25) is 0 Å². The van der Waals surface area contributed by atoms with Crippen LogP contribution in [0.1, 0.15) is 35.5 Å². The number of nitrogens with zero attached hydrogens (tertiary/aromatic N) is 2. The van der Waals surface area contributed by atoms with Crippen molar-refractivity contribution in [2.75, 3.05) is 25.6 Å². The third-order valence-corrected chi connectivity index (χ3v) is 5.38. The number of nitrogens with one attached hydrogen (secondary N) is 1. The molecule has 0 saturated carbocycles. The van der Waals surface area contributed by atoms with Crippen LogP contribution in [0.5, 0.6) is 0 Å². The lowest BCUT2D eigenvalue weighted by Crippen LogP contribution is -2.35. The van der Waals surface area contributed by atoms with Crippen molar-refractivity contribution in [1.29, 1.82) is 0 Å². The molecule has 0 bridgehead atoms. The van der Waals surface area contributed by atoms with Gasteiger partial charge in [0.15, 0.2) is 0 Å². The van der Waals surface area contributed by atoms with E-state index in [1.165, 1.54) is 24.8 Å². The van der Waals surface area contributed by atoms with Gasteiger partial charge in [-0.2, -0.15) is 0 Å². The van der Waals surface area contributed by atoms with Crippen LogP contribution in [0.3, 0.4) is 0 Å². The first-order valence-corrected chi connectivity index (χ1v) is 9.11. The maximum atomic E-state index is 12.3. The lowest BCUT2D eigenvalue weighted by molar-refractivity contribution is -0.139. The Bertz CT molecular complexity index is 792. The van der Waals surface area contributed by atoms with E-state index >= 15 is 0 Å². The van der Waals surface area contributed by atoms with E-state index < -0.39 is 18.0 Å². The molecular weight excluding hydrogens is 358 g/mol. The Kier molecular flexibility index (Phi) is 6.87. The molecule has 2 heterocycles. The normalized spacial score (nSPS) is 13.4. The van der Waals surface area contributed by atoms with Crippen LogP contribution in [0.4, 0.5) is 5.82 Å². The molecule has 0 amide bonds. The minimum absolute atomic E-state index is 0.0880. The summed E-state index contributed by atoms with van der Waals surface area (Å²) in [6, 6.07) is -0.783. The van der Waals surface area contributed by atoms with E-state index in [0.717, 1.165) is 0 Å². The average molecular weight is 381 g/mol. The SMILES string of the molecule is CCC(C)C(Nc1ncnc2sc(C(=O)OCCOC)c(C)c12)C(=O)O. The predicted octanol–water partition coefficient (Wildman–Crippen LogP) is 2.71. The van der Waals surface area contributed by atoms with E-state index in [9.17, 15) is 14.7 Å². The quantitative estimate of drug-likeness (QED) is 0.504. The minimum atomic E-state index is -0.946. The molecule has 142 valence electrons. The van der Waals surface area contributed by atoms with Gasteiger partial charge in [0.2, 0.25) is 0 Å². The van der Waals surface area contributed by atoms with Crippen molar-refractivity contribution < 1.29 is 24.2 Å². The summed E-state index contributed by atoms with van der Waals surface area (Å²) in [5.74, 6) is -1.08. The van der Waals surface area contributed by atoms with Crippen LogP contribution >= 0.6 is 11.3 Å². The molecule has 2 aromatic rings. The number of aliphatic carboxylic acids is 1. The Balaban J connectivity index is 2.37. The zero-order valence-corrected chi connectivity index (χ0v) is 16.1. The van der Waals surface area contributed by atoms with Gasteiger partial charge >= 0.3 is 11.9 Å². The van der Waals surface area contributed by atoms with Crippen molar-refractivity contribution in [1.82, 2.24) is 9.97 Å². The molecule has 0 fully saturated rings. The predicted molar refractivity (Wildman–Crippen MR) is 98.8 cm³/mol. The summed E-state index contributed by atoms with van der Waals surface area (Å²) in [7, 11) is 1.53. The van der Waals surface area contributed by atoms with Crippen molar-refractivity contribution in [3.63, 3.8) is 0 Å². The van der Waals surface area contributed by atoms with E-state index in [1.807, 2.05) is 13.8 Å². The lowest BCUT2D eigenvalue weighted by Gasteiger charge is -2.21. The number of aromatic nitrogens is 2. The maximum absolute atomic E-state index is 12.3. The molecular formula is C17H23N3O5S. The summed E-state index contributed by atoms with van der Waals surface area (Å²) in [5.41, 5.74) is 0.670. The van der Waals surface area contributed by atoms with Gasteiger partial charge in [-0.15, -0.1) is 11.3 Å².